The Balaban J connectivity index is 1.58. The van der Waals surface area contributed by atoms with Crippen LogP contribution in [-0.4, -0.2) is 46.2 Å². The summed E-state index contributed by atoms with van der Waals surface area (Å²) in [4.78, 5) is 18.7. The standard InChI is InChI=1S/C18H24N4O3/c1-4-17-20-16(21-25-17)9-19-15-7-5-14(6-8-15)18(23)22-10-12(2)24-13(3)11-22/h5-8,12-13,19H,4,9-11H2,1-3H3/t12-,13-/m1/s1. The maximum atomic E-state index is 12.6. The van der Waals surface area contributed by atoms with Gasteiger partial charge in [-0.3, -0.25) is 4.79 Å². The summed E-state index contributed by atoms with van der Waals surface area (Å²) in [6.07, 6.45) is 0.857. The van der Waals surface area contributed by atoms with Gasteiger partial charge in [0.15, 0.2) is 5.82 Å². The quantitative estimate of drug-likeness (QED) is 0.897. The molecule has 7 nitrogen and oxygen atoms in total. The lowest BCUT2D eigenvalue weighted by molar-refractivity contribution is -0.0586. The van der Waals surface area contributed by atoms with Crippen molar-refractivity contribution < 1.29 is 14.1 Å². The zero-order chi connectivity index (χ0) is 17.8. The van der Waals surface area contributed by atoms with Gasteiger partial charge in [-0.05, 0) is 38.1 Å². The van der Waals surface area contributed by atoms with Crippen LogP contribution in [0.2, 0.25) is 0 Å². The van der Waals surface area contributed by atoms with Crippen molar-refractivity contribution in [3.05, 3.63) is 41.5 Å². The van der Waals surface area contributed by atoms with Crippen molar-refractivity contribution in [3.8, 4) is 0 Å². The summed E-state index contributed by atoms with van der Waals surface area (Å²) in [6, 6.07) is 7.45. The van der Waals surface area contributed by atoms with E-state index in [2.05, 4.69) is 15.5 Å². The number of aryl methyl sites for hydroxylation is 1. The largest absolute Gasteiger partial charge is 0.378 e. The van der Waals surface area contributed by atoms with Gasteiger partial charge in [-0.1, -0.05) is 12.1 Å². The average Bonchev–Trinajstić information content (AvgIpc) is 3.07. The second-order valence-corrected chi connectivity index (χ2v) is 6.36. The van der Waals surface area contributed by atoms with E-state index in [9.17, 15) is 4.79 Å². The predicted molar refractivity (Wildman–Crippen MR) is 93.4 cm³/mol. The first-order valence-corrected chi connectivity index (χ1v) is 8.65. The SMILES string of the molecule is CCc1nc(CNc2ccc(C(=O)N3C[C@@H](C)O[C@H](C)C3)cc2)no1. The molecule has 0 bridgehead atoms. The first-order chi connectivity index (χ1) is 12.0. The molecule has 2 heterocycles. The first kappa shape index (κ1) is 17.4. The minimum atomic E-state index is 0.0410. The molecule has 3 rings (SSSR count). The first-order valence-electron chi connectivity index (χ1n) is 8.65. The lowest BCUT2D eigenvalue weighted by Gasteiger charge is -2.35. The third kappa shape index (κ3) is 4.36. The maximum absolute atomic E-state index is 12.6. The fourth-order valence-corrected chi connectivity index (χ4v) is 2.94. The molecule has 7 heteroatoms. The minimum absolute atomic E-state index is 0.0410. The second kappa shape index (κ2) is 7.65. The summed E-state index contributed by atoms with van der Waals surface area (Å²) in [6.45, 7) is 7.68. The maximum Gasteiger partial charge on any atom is 0.254 e. The number of amides is 1. The number of hydrogen-bond acceptors (Lipinski definition) is 6. The molecule has 0 radical (unpaired) electrons. The van der Waals surface area contributed by atoms with Crippen LogP contribution in [0.25, 0.3) is 0 Å². The lowest BCUT2D eigenvalue weighted by Crippen LogP contribution is -2.48. The molecule has 1 N–H and O–H groups in total. The fourth-order valence-electron chi connectivity index (χ4n) is 2.94. The molecule has 1 saturated heterocycles. The van der Waals surface area contributed by atoms with Crippen molar-refractivity contribution in [1.29, 1.82) is 0 Å². The van der Waals surface area contributed by atoms with Crippen LogP contribution < -0.4 is 5.32 Å². The summed E-state index contributed by atoms with van der Waals surface area (Å²) in [7, 11) is 0. The molecule has 0 spiro atoms. The molecule has 1 aromatic heterocycles. The highest BCUT2D eigenvalue weighted by Gasteiger charge is 2.26. The smallest absolute Gasteiger partial charge is 0.254 e. The van der Waals surface area contributed by atoms with Gasteiger partial charge in [-0.25, -0.2) is 0 Å². The Bertz CT molecular complexity index is 703. The number of nitrogens with zero attached hydrogens (tertiary/aromatic N) is 3. The molecule has 1 aliphatic rings. The molecule has 0 aliphatic carbocycles. The molecular weight excluding hydrogens is 320 g/mol. The Labute approximate surface area is 147 Å². The highest BCUT2D eigenvalue weighted by atomic mass is 16.5. The van der Waals surface area contributed by atoms with E-state index in [-0.39, 0.29) is 18.1 Å². The number of rotatable bonds is 5. The number of aromatic nitrogens is 2. The monoisotopic (exact) mass is 344 g/mol. The molecule has 0 saturated carbocycles. The number of morpholine rings is 1. The number of carbonyl (C=O) groups excluding carboxylic acids is 1. The van der Waals surface area contributed by atoms with Gasteiger partial charge in [0.25, 0.3) is 5.91 Å². The number of nitrogens with one attached hydrogen (secondary N) is 1. The van der Waals surface area contributed by atoms with E-state index in [1.165, 1.54) is 0 Å². The molecule has 1 aromatic carbocycles. The molecule has 2 aromatic rings. The van der Waals surface area contributed by atoms with Gasteiger partial charge < -0.3 is 19.5 Å². The highest BCUT2D eigenvalue weighted by molar-refractivity contribution is 5.94. The van der Waals surface area contributed by atoms with Crippen molar-refractivity contribution in [3.63, 3.8) is 0 Å². The van der Waals surface area contributed by atoms with E-state index in [1.54, 1.807) is 0 Å². The normalized spacial score (nSPS) is 20.5. The Hall–Kier alpha value is -2.41. The Morgan fingerprint density at radius 2 is 1.92 bits per heavy atom. The van der Waals surface area contributed by atoms with Crippen LogP contribution in [0.15, 0.2) is 28.8 Å². The molecule has 25 heavy (non-hydrogen) atoms. The second-order valence-electron chi connectivity index (χ2n) is 6.36. The van der Waals surface area contributed by atoms with E-state index in [0.29, 0.717) is 36.9 Å². The molecule has 1 aliphatic heterocycles. The van der Waals surface area contributed by atoms with E-state index in [1.807, 2.05) is 49.9 Å². The Morgan fingerprint density at radius 3 is 2.52 bits per heavy atom. The number of hydrogen-bond donors (Lipinski definition) is 1. The molecule has 1 amide bonds. The van der Waals surface area contributed by atoms with E-state index in [0.717, 1.165) is 12.1 Å². The van der Waals surface area contributed by atoms with Crippen LogP contribution in [0.4, 0.5) is 5.69 Å². The molecular formula is C18H24N4O3. The van der Waals surface area contributed by atoms with Crippen molar-refractivity contribution in [2.75, 3.05) is 18.4 Å². The van der Waals surface area contributed by atoms with Crippen molar-refractivity contribution in [1.82, 2.24) is 15.0 Å². The highest BCUT2D eigenvalue weighted by Crippen LogP contribution is 2.16. The average molecular weight is 344 g/mol. The van der Waals surface area contributed by atoms with Crippen molar-refractivity contribution >= 4 is 11.6 Å². The number of benzene rings is 1. The predicted octanol–water partition coefficient (Wildman–Crippen LogP) is 2.49. The Morgan fingerprint density at radius 1 is 1.24 bits per heavy atom. The summed E-state index contributed by atoms with van der Waals surface area (Å²) < 4.78 is 10.8. The van der Waals surface area contributed by atoms with Gasteiger partial charge >= 0.3 is 0 Å². The molecule has 1 fully saturated rings. The number of carbonyl (C=O) groups is 1. The zero-order valence-corrected chi connectivity index (χ0v) is 14.9. The third-order valence-electron chi connectivity index (χ3n) is 4.10. The summed E-state index contributed by atoms with van der Waals surface area (Å²) in [5.74, 6) is 1.29. The van der Waals surface area contributed by atoms with Crippen LogP contribution in [0.5, 0.6) is 0 Å². The van der Waals surface area contributed by atoms with Crippen LogP contribution in [0.1, 0.15) is 42.8 Å². The van der Waals surface area contributed by atoms with E-state index < -0.39 is 0 Å². The summed E-state index contributed by atoms with van der Waals surface area (Å²) in [5.41, 5.74) is 1.59. The fraction of sp³-hybridized carbons (Fsp3) is 0.500. The van der Waals surface area contributed by atoms with Gasteiger partial charge in [-0.15, -0.1) is 0 Å². The summed E-state index contributed by atoms with van der Waals surface area (Å²) in [5, 5.41) is 7.13. The molecule has 134 valence electrons. The molecule has 0 unspecified atom stereocenters. The van der Waals surface area contributed by atoms with Gasteiger partial charge in [0, 0.05) is 30.8 Å². The van der Waals surface area contributed by atoms with Crippen LogP contribution >= 0.6 is 0 Å². The van der Waals surface area contributed by atoms with Crippen molar-refractivity contribution in [2.24, 2.45) is 0 Å². The minimum Gasteiger partial charge on any atom is -0.378 e. The van der Waals surface area contributed by atoms with Gasteiger partial charge in [0.1, 0.15) is 0 Å². The van der Waals surface area contributed by atoms with Crippen LogP contribution in [-0.2, 0) is 17.7 Å². The van der Waals surface area contributed by atoms with Crippen LogP contribution in [0.3, 0.4) is 0 Å². The van der Waals surface area contributed by atoms with Gasteiger partial charge in [0.05, 0.1) is 18.8 Å². The topological polar surface area (TPSA) is 80.5 Å². The van der Waals surface area contributed by atoms with Crippen molar-refractivity contribution in [2.45, 2.75) is 45.9 Å². The van der Waals surface area contributed by atoms with E-state index >= 15 is 0 Å². The zero-order valence-electron chi connectivity index (χ0n) is 14.9. The summed E-state index contributed by atoms with van der Waals surface area (Å²) >= 11 is 0. The van der Waals surface area contributed by atoms with Crippen LogP contribution in [0, 0.1) is 0 Å². The van der Waals surface area contributed by atoms with Gasteiger partial charge in [0.2, 0.25) is 5.89 Å². The lowest BCUT2D eigenvalue weighted by atomic mass is 10.1. The van der Waals surface area contributed by atoms with E-state index in [4.69, 9.17) is 9.26 Å². The number of anilines is 1. The third-order valence-corrected chi connectivity index (χ3v) is 4.10. The number of ether oxygens (including phenoxy) is 1. The molecule has 2 atom stereocenters. The Kier molecular flexibility index (Phi) is 5.33. The van der Waals surface area contributed by atoms with Gasteiger partial charge in [-0.2, -0.15) is 4.98 Å².